The van der Waals surface area contributed by atoms with Gasteiger partial charge in [0.1, 0.15) is 5.60 Å². The van der Waals surface area contributed by atoms with Crippen molar-refractivity contribution in [3.63, 3.8) is 0 Å². The largest absolute Gasteiger partial charge is 0.465 e. The van der Waals surface area contributed by atoms with E-state index in [-0.39, 0.29) is 29.4 Å². The molecule has 0 aliphatic carbocycles. The summed E-state index contributed by atoms with van der Waals surface area (Å²) in [5, 5.41) is 11.1. The molecule has 2 heterocycles. The molecule has 28 heavy (non-hydrogen) atoms. The number of ether oxygens (including phenoxy) is 2. The van der Waals surface area contributed by atoms with Gasteiger partial charge in [-0.1, -0.05) is 6.08 Å². The van der Waals surface area contributed by atoms with Crippen molar-refractivity contribution in [1.29, 1.82) is 0 Å². The molecule has 0 spiro atoms. The molecule has 1 amide bonds. The van der Waals surface area contributed by atoms with Gasteiger partial charge in [0.15, 0.2) is 0 Å². The Labute approximate surface area is 163 Å². The minimum Gasteiger partial charge on any atom is -0.465 e. The molecule has 2 aliphatic heterocycles. The van der Waals surface area contributed by atoms with Crippen molar-refractivity contribution >= 4 is 23.3 Å². The third-order valence-electron chi connectivity index (χ3n) is 4.97. The Kier molecular flexibility index (Phi) is 5.14. The number of carbonyl (C=O) groups excluding carboxylic acids is 2. The number of methoxy groups -OCH3 is 1. The third-order valence-corrected chi connectivity index (χ3v) is 4.97. The second-order valence-electron chi connectivity index (χ2n) is 8.06. The summed E-state index contributed by atoms with van der Waals surface area (Å²) in [6.45, 7) is 5.49. The normalized spacial score (nSPS) is 21.1. The van der Waals surface area contributed by atoms with Crippen LogP contribution in [0.2, 0.25) is 0 Å². The molecule has 3 rings (SSSR count). The summed E-state index contributed by atoms with van der Waals surface area (Å²) in [7, 11) is 1.24. The minimum atomic E-state index is -0.624. The molecule has 8 nitrogen and oxygen atoms in total. The van der Waals surface area contributed by atoms with Gasteiger partial charge in [-0.2, -0.15) is 0 Å². The van der Waals surface area contributed by atoms with Crippen LogP contribution in [0, 0.1) is 10.1 Å². The van der Waals surface area contributed by atoms with Gasteiger partial charge in [-0.3, -0.25) is 15.0 Å². The molecule has 8 heteroatoms. The first-order valence-corrected chi connectivity index (χ1v) is 9.20. The van der Waals surface area contributed by atoms with E-state index >= 15 is 0 Å². The van der Waals surface area contributed by atoms with Crippen LogP contribution in [0.4, 0.5) is 10.5 Å². The van der Waals surface area contributed by atoms with Crippen LogP contribution in [0.3, 0.4) is 0 Å². The van der Waals surface area contributed by atoms with E-state index in [0.29, 0.717) is 12.0 Å². The van der Waals surface area contributed by atoms with Gasteiger partial charge in [0.05, 0.1) is 23.6 Å². The van der Waals surface area contributed by atoms with Gasteiger partial charge in [0.25, 0.3) is 5.69 Å². The highest BCUT2D eigenvalue weighted by molar-refractivity contribution is 5.96. The van der Waals surface area contributed by atoms with Crippen molar-refractivity contribution in [3.05, 3.63) is 45.5 Å². The quantitative estimate of drug-likeness (QED) is 0.442. The molecule has 1 aromatic carbocycles. The molecule has 2 aliphatic rings. The van der Waals surface area contributed by atoms with Gasteiger partial charge in [-0.15, -0.1) is 0 Å². The number of carbonyl (C=O) groups is 2. The molecule has 2 bridgehead atoms. The first-order chi connectivity index (χ1) is 13.1. The number of rotatable bonds is 3. The maximum Gasteiger partial charge on any atom is 0.411 e. The van der Waals surface area contributed by atoms with Gasteiger partial charge in [-0.25, -0.2) is 9.59 Å². The Morgan fingerprint density at radius 1 is 1.25 bits per heavy atom. The number of hydrogen-bond donors (Lipinski definition) is 0. The van der Waals surface area contributed by atoms with Crippen molar-refractivity contribution in [2.45, 2.75) is 57.7 Å². The fraction of sp³-hybridized carbons (Fsp3) is 0.500. The number of non-ortho nitro benzene ring substituents is 1. The zero-order valence-corrected chi connectivity index (χ0v) is 16.4. The van der Waals surface area contributed by atoms with Crippen molar-refractivity contribution < 1.29 is 24.0 Å². The Bertz CT molecular complexity index is 855. The summed E-state index contributed by atoms with van der Waals surface area (Å²) >= 11 is 0. The van der Waals surface area contributed by atoms with Crippen LogP contribution in [0.5, 0.6) is 0 Å². The van der Waals surface area contributed by atoms with Crippen LogP contribution < -0.4 is 0 Å². The van der Waals surface area contributed by atoms with E-state index in [1.807, 2.05) is 26.8 Å². The Balaban J connectivity index is 1.94. The molecule has 2 atom stereocenters. The Hall–Kier alpha value is -2.90. The van der Waals surface area contributed by atoms with E-state index in [4.69, 9.17) is 9.47 Å². The SMILES string of the molecule is COC(=O)c1cc([N+](=O)[O-])ccc1C1=CC2CCC(C1)N2C(=O)OC(C)(C)C. The highest BCUT2D eigenvalue weighted by atomic mass is 16.6. The van der Waals surface area contributed by atoms with Gasteiger partial charge in [0.2, 0.25) is 0 Å². The molecule has 1 aromatic rings. The van der Waals surface area contributed by atoms with Crippen molar-refractivity contribution in [2.75, 3.05) is 7.11 Å². The fourth-order valence-electron chi connectivity index (χ4n) is 3.83. The molecule has 1 saturated heterocycles. The zero-order valence-electron chi connectivity index (χ0n) is 16.4. The maximum atomic E-state index is 12.6. The number of fused-ring (bicyclic) bond motifs is 2. The van der Waals surface area contributed by atoms with Crippen LogP contribution in [0.25, 0.3) is 5.57 Å². The number of nitro benzene ring substituents is 1. The predicted octanol–water partition coefficient (Wildman–Crippen LogP) is 3.94. The van der Waals surface area contributed by atoms with E-state index in [1.54, 1.807) is 11.0 Å². The Morgan fingerprint density at radius 3 is 2.54 bits per heavy atom. The van der Waals surface area contributed by atoms with Crippen molar-refractivity contribution in [2.24, 2.45) is 0 Å². The average molecular weight is 388 g/mol. The predicted molar refractivity (Wildman–Crippen MR) is 102 cm³/mol. The molecule has 0 aromatic heterocycles. The van der Waals surface area contributed by atoms with Crippen molar-refractivity contribution in [3.8, 4) is 0 Å². The van der Waals surface area contributed by atoms with Gasteiger partial charge in [0, 0.05) is 18.2 Å². The van der Waals surface area contributed by atoms with Crippen LogP contribution in [-0.2, 0) is 9.47 Å². The lowest BCUT2D eigenvalue weighted by Crippen LogP contribution is -2.45. The highest BCUT2D eigenvalue weighted by Crippen LogP contribution is 2.40. The third kappa shape index (κ3) is 3.85. The Morgan fingerprint density at radius 2 is 1.96 bits per heavy atom. The summed E-state index contributed by atoms with van der Waals surface area (Å²) in [6.07, 6.45) is 3.82. The van der Waals surface area contributed by atoms with E-state index in [0.717, 1.165) is 18.4 Å². The molecule has 150 valence electrons. The minimum absolute atomic E-state index is 0.0273. The molecule has 0 N–H and O–H groups in total. The maximum absolute atomic E-state index is 12.6. The number of nitrogens with zero attached hydrogens (tertiary/aromatic N) is 2. The van der Waals surface area contributed by atoms with E-state index in [1.165, 1.54) is 19.2 Å². The molecule has 2 unspecified atom stereocenters. The van der Waals surface area contributed by atoms with Crippen LogP contribution in [0.15, 0.2) is 24.3 Å². The average Bonchev–Trinajstić information content (AvgIpc) is 2.89. The molecule has 0 radical (unpaired) electrons. The molecular formula is C20H24N2O6. The zero-order chi connectivity index (χ0) is 20.6. The lowest BCUT2D eigenvalue weighted by Gasteiger charge is -2.35. The summed E-state index contributed by atoms with van der Waals surface area (Å²) in [4.78, 5) is 37.1. The van der Waals surface area contributed by atoms with E-state index in [9.17, 15) is 19.7 Å². The number of esters is 1. The van der Waals surface area contributed by atoms with Gasteiger partial charge >= 0.3 is 12.1 Å². The van der Waals surface area contributed by atoms with Gasteiger partial charge in [-0.05, 0) is 57.2 Å². The lowest BCUT2D eigenvalue weighted by atomic mass is 9.91. The second-order valence-corrected chi connectivity index (χ2v) is 8.06. The lowest BCUT2D eigenvalue weighted by molar-refractivity contribution is -0.384. The molecular weight excluding hydrogens is 364 g/mol. The molecule has 1 fully saturated rings. The monoisotopic (exact) mass is 388 g/mol. The second kappa shape index (κ2) is 7.26. The summed E-state index contributed by atoms with van der Waals surface area (Å²) < 4.78 is 10.3. The number of amides is 1. The number of nitro groups is 1. The van der Waals surface area contributed by atoms with E-state index in [2.05, 4.69) is 0 Å². The molecule has 0 saturated carbocycles. The number of hydrogen-bond acceptors (Lipinski definition) is 6. The van der Waals surface area contributed by atoms with Gasteiger partial charge < -0.3 is 9.47 Å². The standard InChI is InChI=1S/C20H24N2O6/c1-20(2,3)28-19(24)21-13-5-6-14(21)10-12(9-13)16-8-7-15(22(25)26)11-17(16)18(23)27-4/h7-9,11,13-14H,5-6,10H2,1-4H3. The smallest absolute Gasteiger partial charge is 0.411 e. The van der Waals surface area contributed by atoms with Crippen LogP contribution in [0.1, 0.15) is 56.0 Å². The van der Waals surface area contributed by atoms with Crippen LogP contribution in [-0.4, -0.2) is 46.7 Å². The van der Waals surface area contributed by atoms with Crippen molar-refractivity contribution in [1.82, 2.24) is 4.90 Å². The topological polar surface area (TPSA) is 99.0 Å². The van der Waals surface area contributed by atoms with Crippen LogP contribution >= 0.6 is 0 Å². The summed E-state index contributed by atoms with van der Waals surface area (Å²) in [5.74, 6) is -0.624. The summed E-state index contributed by atoms with van der Waals surface area (Å²) in [6, 6.07) is 4.05. The summed E-state index contributed by atoms with van der Waals surface area (Å²) in [5.41, 5.74) is 0.921. The first kappa shape index (κ1) is 19.9. The number of benzene rings is 1. The first-order valence-electron chi connectivity index (χ1n) is 9.20. The fourth-order valence-corrected chi connectivity index (χ4v) is 3.83. The highest BCUT2D eigenvalue weighted by Gasteiger charge is 2.42. The van der Waals surface area contributed by atoms with E-state index < -0.39 is 16.5 Å².